The van der Waals surface area contributed by atoms with E-state index in [9.17, 15) is 0 Å². The molecular formula is C14H26. The molecule has 1 aliphatic rings. The van der Waals surface area contributed by atoms with E-state index in [1.807, 2.05) is 0 Å². The van der Waals surface area contributed by atoms with Crippen molar-refractivity contribution in [3.05, 3.63) is 11.6 Å². The summed E-state index contributed by atoms with van der Waals surface area (Å²) in [6.45, 7) is 14.3. The molecule has 0 saturated carbocycles. The maximum Gasteiger partial charge on any atom is -0.0274 e. The lowest BCUT2D eigenvalue weighted by Crippen LogP contribution is -2.37. The molecule has 0 radical (unpaired) electrons. The van der Waals surface area contributed by atoms with Gasteiger partial charge in [0.1, 0.15) is 0 Å². The van der Waals surface area contributed by atoms with Gasteiger partial charge in [0.25, 0.3) is 0 Å². The van der Waals surface area contributed by atoms with Crippen molar-refractivity contribution in [2.75, 3.05) is 0 Å². The van der Waals surface area contributed by atoms with Crippen LogP contribution in [0.4, 0.5) is 0 Å². The van der Waals surface area contributed by atoms with Crippen molar-refractivity contribution in [3.63, 3.8) is 0 Å². The molecule has 0 bridgehead atoms. The third-order valence-corrected chi connectivity index (χ3v) is 4.59. The predicted octanol–water partition coefficient (Wildman–Crippen LogP) is 4.81. The minimum absolute atomic E-state index is 0.413. The van der Waals surface area contributed by atoms with Crippen LogP contribution in [0.3, 0.4) is 0 Å². The SMILES string of the molecule is CC1=CC[C@H](C(C)(C)C(C)(C)C)CC1. The molecule has 1 rings (SSSR count). The molecule has 0 heterocycles. The normalized spacial score (nSPS) is 24.7. The molecule has 14 heavy (non-hydrogen) atoms. The first-order chi connectivity index (χ1) is 6.25. The largest absolute Gasteiger partial charge is 0.0853 e. The maximum absolute atomic E-state index is 2.45. The van der Waals surface area contributed by atoms with Gasteiger partial charge < -0.3 is 0 Å². The van der Waals surface area contributed by atoms with Gasteiger partial charge in [-0.25, -0.2) is 0 Å². The highest BCUT2D eigenvalue weighted by atomic mass is 14.4. The summed E-state index contributed by atoms with van der Waals surface area (Å²) in [5.41, 5.74) is 2.45. The van der Waals surface area contributed by atoms with Crippen molar-refractivity contribution in [2.24, 2.45) is 16.7 Å². The van der Waals surface area contributed by atoms with Gasteiger partial charge >= 0.3 is 0 Å². The smallest absolute Gasteiger partial charge is 0.0274 e. The Morgan fingerprint density at radius 2 is 1.71 bits per heavy atom. The van der Waals surface area contributed by atoms with E-state index >= 15 is 0 Å². The van der Waals surface area contributed by atoms with Gasteiger partial charge in [-0.05, 0) is 42.9 Å². The predicted molar refractivity (Wildman–Crippen MR) is 64.3 cm³/mol. The van der Waals surface area contributed by atoms with E-state index < -0.39 is 0 Å². The third-order valence-electron chi connectivity index (χ3n) is 4.59. The second-order valence-corrected chi connectivity index (χ2v) is 6.49. The van der Waals surface area contributed by atoms with Gasteiger partial charge in [0.05, 0.1) is 0 Å². The van der Waals surface area contributed by atoms with E-state index in [1.54, 1.807) is 5.57 Å². The van der Waals surface area contributed by atoms with Gasteiger partial charge in [-0.15, -0.1) is 0 Å². The zero-order valence-corrected chi connectivity index (χ0v) is 10.8. The van der Waals surface area contributed by atoms with E-state index in [1.165, 1.54) is 19.3 Å². The molecule has 0 nitrogen and oxygen atoms in total. The fraction of sp³-hybridized carbons (Fsp3) is 0.857. The minimum Gasteiger partial charge on any atom is -0.0853 e. The Balaban J connectivity index is 2.75. The zero-order valence-electron chi connectivity index (χ0n) is 10.8. The lowest BCUT2D eigenvalue weighted by molar-refractivity contribution is 0.0481. The quantitative estimate of drug-likeness (QED) is 0.526. The van der Waals surface area contributed by atoms with Crippen molar-refractivity contribution >= 4 is 0 Å². The summed E-state index contributed by atoms with van der Waals surface area (Å²) in [6.07, 6.45) is 6.43. The molecule has 82 valence electrons. The van der Waals surface area contributed by atoms with Gasteiger partial charge in [0, 0.05) is 0 Å². The van der Waals surface area contributed by atoms with Crippen LogP contribution in [0.25, 0.3) is 0 Å². The van der Waals surface area contributed by atoms with Crippen LogP contribution >= 0.6 is 0 Å². The van der Waals surface area contributed by atoms with Gasteiger partial charge in [-0.3, -0.25) is 0 Å². The third kappa shape index (κ3) is 2.21. The Morgan fingerprint density at radius 1 is 1.14 bits per heavy atom. The Kier molecular flexibility index (Phi) is 3.13. The lowest BCUT2D eigenvalue weighted by atomic mass is 9.59. The van der Waals surface area contributed by atoms with Crippen LogP contribution in [-0.2, 0) is 0 Å². The highest BCUT2D eigenvalue weighted by Crippen LogP contribution is 2.48. The van der Waals surface area contributed by atoms with Crippen LogP contribution in [0, 0.1) is 16.7 Å². The molecule has 0 aromatic carbocycles. The van der Waals surface area contributed by atoms with Crippen molar-refractivity contribution in [1.29, 1.82) is 0 Å². The Hall–Kier alpha value is -0.260. The van der Waals surface area contributed by atoms with E-state index in [0.717, 1.165) is 5.92 Å². The van der Waals surface area contributed by atoms with Crippen LogP contribution in [0.1, 0.15) is 60.8 Å². The van der Waals surface area contributed by atoms with Crippen LogP contribution in [0.5, 0.6) is 0 Å². The first-order valence-corrected chi connectivity index (χ1v) is 5.91. The number of rotatable bonds is 1. The van der Waals surface area contributed by atoms with Crippen LogP contribution in [0.2, 0.25) is 0 Å². The van der Waals surface area contributed by atoms with E-state index in [-0.39, 0.29) is 0 Å². The van der Waals surface area contributed by atoms with Crippen molar-refractivity contribution in [3.8, 4) is 0 Å². The van der Waals surface area contributed by atoms with Crippen molar-refractivity contribution in [1.82, 2.24) is 0 Å². The van der Waals surface area contributed by atoms with Gasteiger partial charge in [0.15, 0.2) is 0 Å². The molecule has 0 saturated heterocycles. The molecule has 0 heteroatoms. The number of allylic oxidation sites excluding steroid dienone is 2. The fourth-order valence-electron chi connectivity index (χ4n) is 2.23. The molecule has 0 fully saturated rings. The molecule has 0 aromatic heterocycles. The van der Waals surface area contributed by atoms with Crippen LogP contribution in [0.15, 0.2) is 11.6 Å². The lowest BCUT2D eigenvalue weighted by Gasteiger charge is -2.46. The summed E-state index contributed by atoms with van der Waals surface area (Å²) in [6, 6.07) is 0. The summed E-state index contributed by atoms with van der Waals surface area (Å²) < 4.78 is 0. The zero-order chi connectivity index (χ0) is 11.0. The van der Waals surface area contributed by atoms with Gasteiger partial charge in [-0.1, -0.05) is 46.3 Å². The maximum atomic E-state index is 2.45. The number of hydrogen-bond acceptors (Lipinski definition) is 0. The highest BCUT2D eigenvalue weighted by Gasteiger charge is 2.39. The molecule has 0 aliphatic heterocycles. The Morgan fingerprint density at radius 3 is 2.07 bits per heavy atom. The average molecular weight is 194 g/mol. The molecule has 0 spiro atoms. The van der Waals surface area contributed by atoms with Gasteiger partial charge in [0.2, 0.25) is 0 Å². The minimum atomic E-state index is 0.413. The standard InChI is InChI=1S/C14H26/c1-11-7-9-12(10-8-11)14(5,6)13(2,3)4/h7,12H,8-10H2,1-6H3/t12-/m0/s1. The van der Waals surface area contributed by atoms with E-state index in [2.05, 4.69) is 47.6 Å². The molecule has 0 aromatic rings. The second-order valence-electron chi connectivity index (χ2n) is 6.49. The molecular weight excluding hydrogens is 168 g/mol. The average Bonchev–Trinajstić information content (AvgIpc) is 2.03. The summed E-state index contributed by atoms with van der Waals surface area (Å²) in [5.74, 6) is 0.867. The summed E-state index contributed by atoms with van der Waals surface area (Å²) in [4.78, 5) is 0. The fourth-order valence-corrected chi connectivity index (χ4v) is 2.23. The molecule has 0 amide bonds. The van der Waals surface area contributed by atoms with Crippen molar-refractivity contribution < 1.29 is 0 Å². The summed E-state index contributed by atoms with van der Waals surface area (Å²) in [5, 5.41) is 0. The molecule has 0 unspecified atom stereocenters. The molecule has 1 atom stereocenters. The molecule has 1 aliphatic carbocycles. The summed E-state index contributed by atoms with van der Waals surface area (Å²) >= 11 is 0. The Bertz CT molecular complexity index is 225. The second kappa shape index (κ2) is 3.72. The van der Waals surface area contributed by atoms with Crippen molar-refractivity contribution in [2.45, 2.75) is 60.8 Å². The van der Waals surface area contributed by atoms with Crippen LogP contribution < -0.4 is 0 Å². The van der Waals surface area contributed by atoms with E-state index in [0.29, 0.717) is 10.8 Å². The molecule has 0 N–H and O–H groups in total. The van der Waals surface area contributed by atoms with E-state index in [4.69, 9.17) is 0 Å². The van der Waals surface area contributed by atoms with Crippen LogP contribution in [-0.4, -0.2) is 0 Å². The first kappa shape index (κ1) is 11.8. The highest BCUT2D eigenvalue weighted by molar-refractivity contribution is 5.06. The first-order valence-electron chi connectivity index (χ1n) is 5.91. The Labute approximate surface area is 89.8 Å². The number of hydrogen-bond donors (Lipinski definition) is 0. The van der Waals surface area contributed by atoms with Gasteiger partial charge in [-0.2, -0.15) is 0 Å². The summed E-state index contributed by atoms with van der Waals surface area (Å²) in [7, 11) is 0. The monoisotopic (exact) mass is 194 g/mol. The topological polar surface area (TPSA) is 0 Å².